The molecule has 0 aromatic heterocycles. The molecule has 0 radical (unpaired) electrons. The van der Waals surface area contributed by atoms with E-state index in [1.54, 1.807) is 6.08 Å². The summed E-state index contributed by atoms with van der Waals surface area (Å²) in [5, 5.41) is 56.9. The Labute approximate surface area is 477 Å². The van der Waals surface area contributed by atoms with E-state index in [4.69, 9.17) is 14.2 Å². The molecule has 0 bridgehead atoms. The fourth-order valence-corrected chi connectivity index (χ4v) is 9.80. The van der Waals surface area contributed by atoms with Gasteiger partial charge in [0.1, 0.15) is 24.4 Å². The minimum absolute atomic E-state index is 0.118. The molecule has 0 aliphatic carbocycles. The molecular weight excluding hydrogens is 979 g/mol. The maximum atomic E-state index is 13.4. The standard InChI is InChI=1S/C67H119NO10/c1-4-7-10-13-16-19-22-24-25-26-27-28-29-30-31-32-33-34-35-36-37-38-40-43-46-49-52-55-62(72)78-65-64(74)63(73)61(56-69)77-67(65)76-57-58(59(70)53-50-47-44-42-39-23-20-17-14-11-8-5-2)68-66(75)60(71)54-51-48-45-41-21-18-15-12-9-6-3/h7,10,16,19,24-25,27-28,30-31,50,53,58-61,63-65,67,69-71,73-74H,4-6,8-9,11-15,17-18,20-23,26,29,32-49,51-52,54-57H2,1-3H3,(H,68,75)/b10-7-,19-16-,25-24-,28-27-,31-30-,53-50+. The lowest BCUT2D eigenvalue weighted by molar-refractivity contribution is -0.305. The van der Waals surface area contributed by atoms with E-state index < -0.39 is 67.4 Å². The Hall–Kier alpha value is -2.90. The van der Waals surface area contributed by atoms with Gasteiger partial charge in [-0.1, -0.05) is 273 Å². The molecule has 11 nitrogen and oxygen atoms in total. The highest BCUT2D eigenvalue weighted by Crippen LogP contribution is 2.26. The highest BCUT2D eigenvalue weighted by atomic mass is 16.7. The zero-order valence-corrected chi connectivity index (χ0v) is 50.0. The summed E-state index contributed by atoms with van der Waals surface area (Å²) in [5.41, 5.74) is 0. The van der Waals surface area contributed by atoms with Gasteiger partial charge in [0.2, 0.25) is 5.91 Å². The maximum absolute atomic E-state index is 13.4. The largest absolute Gasteiger partial charge is 0.454 e. The van der Waals surface area contributed by atoms with Crippen LogP contribution in [0.5, 0.6) is 0 Å². The van der Waals surface area contributed by atoms with Gasteiger partial charge in [-0.05, 0) is 70.6 Å². The number of amides is 1. The van der Waals surface area contributed by atoms with Crippen molar-refractivity contribution in [1.82, 2.24) is 5.32 Å². The van der Waals surface area contributed by atoms with Crippen molar-refractivity contribution in [3.8, 4) is 0 Å². The number of esters is 1. The average molecular weight is 1100 g/mol. The number of ether oxygens (including phenoxy) is 3. The lowest BCUT2D eigenvalue weighted by Gasteiger charge is -2.41. The van der Waals surface area contributed by atoms with Crippen molar-refractivity contribution in [2.24, 2.45) is 0 Å². The molecule has 8 unspecified atom stereocenters. The van der Waals surface area contributed by atoms with Gasteiger partial charge in [-0.2, -0.15) is 0 Å². The molecule has 1 fully saturated rings. The van der Waals surface area contributed by atoms with Gasteiger partial charge >= 0.3 is 5.97 Å². The van der Waals surface area contributed by atoms with Crippen LogP contribution >= 0.6 is 0 Å². The Morgan fingerprint density at radius 3 is 1.38 bits per heavy atom. The van der Waals surface area contributed by atoms with E-state index >= 15 is 0 Å². The Morgan fingerprint density at radius 2 is 0.923 bits per heavy atom. The summed E-state index contributed by atoms with van der Waals surface area (Å²) < 4.78 is 17.6. The summed E-state index contributed by atoms with van der Waals surface area (Å²) >= 11 is 0. The Balaban J connectivity index is 2.55. The number of carbonyl (C=O) groups excluding carboxylic acids is 2. The van der Waals surface area contributed by atoms with Crippen LogP contribution in [-0.4, -0.2) is 99.6 Å². The highest BCUT2D eigenvalue weighted by molar-refractivity contribution is 5.80. The van der Waals surface area contributed by atoms with Gasteiger partial charge in [0.05, 0.1) is 25.4 Å². The summed E-state index contributed by atoms with van der Waals surface area (Å²) in [6.07, 6.45) is 59.5. The Kier molecular flexibility index (Phi) is 51.3. The maximum Gasteiger partial charge on any atom is 0.306 e. The number of allylic oxidation sites excluding steroid dienone is 11. The number of rotatable bonds is 54. The van der Waals surface area contributed by atoms with Crippen molar-refractivity contribution >= 4 is 11.9 Å². The molecular formula is C67H119NO10. The van der Waals surface area contributed by atoms with Gasteiger partial charge in [-0.25, -0.2) is 0 Å². The summed E-state index contributed by atoms with van der Waals surface area (Å²) in [4.78, 5) is 26.5. The minimum Gasteiger partial charge on any atom is -0.454 e. The van der Waals surface area contributed by atoms with Crippen molar-refractivity contribution in [2.45, 2.75) is 327 Å². The van der Waals surface area contributed by atoms with Gasteiger partial charge in [0, 0.05) is 6.42 Å². The third-order valence-corrected chi connectivity index (χ3v) is 14.9. The third-order valence-electron chi connectivity index (χ3n) is 14.9. The van der Waals surface area contributed by atoms with Crippen molar-refractivity contribution in [3.63, 3.8) is 0 Å². The first kappa shape index (κ1) is 73.1. The average Bonchev–Trinajstić information content (AvgIpc) is 3.45. The van der Waals surface area contributed by atoms with E-state index in [0.29, 0.717) is 19.3 Å². The van der Waals surface area contributed by atoms with Crippen LogP contribution in [0, 0.1) is 0 Å². The number of hydrogen-bond donors (Lipinski definition) is 6. The van der Waals surface area contributed by atoms with Crippen molar-refractivity contribution in [1.29, 1.82) is 0 Å². The second-order valence-corrected chi connectivity index (χ2v) is 22.1. The van der Waals surface area contributed by atoms with Gasteiger partial charge in [-0.3, -0.25) is 9.59 Å². The van der Waals surface area contributed by atoms with Crippen LogP contribution < -0.4 is 5.32 Å². The summed E-state index contributed by atoms with van der Waals surface area (Å²) in [5.74, 6) is -1.19. The molecule has 8 atom stereocenters. The van der Waals surface area contributed by atoms with Crippen LogP contribution in [0.3, 0.4) is 0 Å². The number of hydrogen-bond acceptors (Lipinski definition) is 10. The number of aliphatic hydroxyl groups is 5. The van der Waals surface area contributed by atoms with E-state index in [2.05, 4.69) is 86.8 Å². The molecule has 1 aliphatic heterocycles. The normalized spacial score (nSPS) is 19.4. The number of aliphatic hydroxyl groups excluding tert-OH is 5. The van der Waals surface area contributed by atoms with Crippen molar-refractivity contribution < 1.29 is 49.3 Å². The van der Waals surface area contributed by atoms with Gasteiger partial charge in [-0.15, -0.1) is 0 Å². The fourth-order valence-electron chi connectivity index (χ4n) is 9.80. The molecule has 1 amide bonds. The van der Waals surface area contributed by atoms with Crippen LogP contribution in [0.25, 0.3) is 0 Å². The fraction of sp³-hybridized carbons (Fsp3) is 0.791. The van der Waals surface area contributed by atoms with E-state index in [0.717, 1.165) is 96.3 Å². The van der Waals surface area contributed by atoms with Crippen LogP contribution in [0.15, 0.2) is 72.9 Å². The lowest BCUT2D eigenvalue weighted by atomic mass is 9.99. The van der Waals surface area contributed by atoms with E-state index in [9.17, 15) is 35.1 Å². The number of nitrogens with one attached hydrogen (secondary N) is 1. The Bertz CT molecular complexity index is 1540. The summed E-state index contributed by atoms with van der Waals surface area (Å²) in [6, 6.07) is -1.02. The van der Waals surface area contributed by atoms with Gasteiger partial charge < -0.3 is 45.1 Å². The monoisotopic (exact) mass is 1100 g/mol. The minimum atomic E-state index is -1.62. The zero-order chi connectivity index (χ0) is 56.8. The van der Waals surface area contributed by atoms with Crippen molar-refractivity contribution in [3.05, 3.63) is 72.9 Å². The molecule has 0 aromatic carbocycles. The quantitative estimate of drug-likeness (QED) is 0.0195. The van der Waals surface area contributed by atoms with Gasteiger partial charge in [0.25, 0.3) is 0 Å². The third kappa shape index (κ3) is 42.0. The molecule has 1 saturated heterocycles. The van der Waals surface area contributed by atoms with Crippen molar-refractivity contribution in [2.75, 3.05) is 13.2 Å². The summed E-state index contributed by atoms with van der Waals surface area (Å²) in [7, 11) is 0. The molecule has 1 rings (SSSR count). The smallest absolute Gasteiger partial charge is 0.306 e. The second-order valence-electron chi connectivity index (χ2n) is 22.1. The molecule has 0 saturated carbocycles. The van der Waals surface area contributed by atoms with E-state index in [-0.39, 0.29) is 13.0 Å². The van der Waals surface area contributed by atoms with Crippen LogP contribution in [0.1, 0.15) is 278 Å². The topological polar surface area (TPSA) is 175 Å². The molecule has 0 spiro atoms. The molecule has 78 heavy (non-hydrogen) atoms. The molecule has 6 N–H and O–H groups in total. The van der Waals surface area contributed by atoms with Crippen LogP contribution in [-0.2, 0) is 23.8 Å². The first-order valence-corrected chi connectivity index (χ1v) is 32.2. The molecule has 0 aromatic rings. The lowest BCUT2D eigenvalue weighted by Crippen LogP contribution is -2.61. The molecule has 11 heteroatoms. The highest BCUT2D eigenvalue weighted by Gasteiger charge is 2.47. The van der Waals surface area contributed by atoms with Crippen LogP contribution in [0.2, 0.25) is 0 Å². The Morgan fingerprint density at radius 1 is 0.513 bits per heavy atom. The first-order chi connectivity index (χ1) is 38.2. The number of carbonyl (C=O) groups is 2. The number of unbranched alkanes of at least 4 members (excludes halogenated alkanes) is 30. The van der Waals surface area contributed by atoms with Gasteiger partial charge in [0.15, 0.2) is 12.4 Å². The predicted octanol–water partition coefficient (Wildman–Crippen LogP) is 15.6. The zero-order valence-electron chi connectivity index (χ0n) is 50.0. The molecule has 1 aliphatic rings. The molecule has 1 heterocycles. The van der Waals surface area contributed by atoms with E-state index in [1.807, 2.05) is 6.08 Å². The van der Waals surface area contributed by atoms with Crippen LogP contribution in [0.4, 0.5) is 0 Å². The first-order valence-electron chi connectivity index (χ1n) is 32.2. The van der Waals surface area contributed by atoms with E-state index in [1.165, 1.54) is 135 Å². The summed E-state index contributed by atoms with van der Waals surface area (Å²) in [6.45, 7) is 5.66. The molecule has 452 valence electrons. The SMILES string of the molecule is CC/C=C\C/C=C\C/C=C\C/C=C\C/C=C\CCCCCCCCCCCCCC(=O)OC1C(OCC(NC(=O)C(O)CCCCCCCCCCCC)C(O)/C=C/CCCCCCCCCCCC)OC(CO)C(O)C1O. The predicted molar refractivity (Wildman–Crippen MR) is 324 cm³/mol. The second kappa shape index (κ2) is 54.7.